The normalized spacial score (nSPS) is 16.5. The zero-order valence-electron chi connectivity index (χ0n) is 34.7. The minimum absolute atomic E-state index is 0.108. The number of hydrogen-bond donors (Lipinski definition) is 0. The van der Waals surface area contributed by atoms with Crippen molar-refractivity contribution in [3.8, 4) is 67.3 Å². The Hall–Kier alpha value is -7.62. The van der Waals surface area contributed by atoms with E-state index in [1.165, 1.54) is 66.8 Å². The Kier molecular flexibility index (Phi) is 8.33. The molecule has 2 unspecified atom stereocenters. The molecule has 12 rings (SSSR count). The second-order valence-electron chi connectivity index (χ2n) is 17.3. The number of anilines is 2. The van der Waals surface area contributed by atoms with Gasteiger partial charge in [-0.25, -0.2) is 9.97 Å². The van der Waals surface area contributed by atoms with Crippen molar-refractivity contribution in [3.05, 3.63) is 229 Å². The van der Waals surface area contributed by atoms with E-state index in [4.69, 9.17) is 9.97 Å². The number of hydrogen-bond acceptors (Lipinski definition) is 3. The van der Waals surface area contributed by atoms with Crippen LogP contribution in [0.2, 0.25) is 0 Å². The zero-order valence-corrected chi connectivity index (χ0v) is 34.7. The van der Waals surface area contributed by atoms with Crippen molar-refractivity contribution in [1.82, 2.24) is 9.97 Å². The van der Waals surface area contributed by atoms with Crippen LogP contribution in [0, 0.1) is 0 Å². The van der Waals surface area contributed by atoms with Gasteiger partial charge >= 0.3 is 0 Å². The van der Waals surface area contributed by atoms with Gasteiger partial charge in [0.2, 0.25) is 0 Å². The van der Waals surface area contributed by atoms with Crippen LogP contribution in [0.5, 0.6) is 0 Å². The molecule has 294 valence electrons. The lowest BCUT2D eigenvalue weighted by molar-refractivity contribution is 0.660. The van der Waals surface area contributed by atoms with E-state index in [9.17, 15) is 0 Å². The molecule has 0 fully saturated rings. The Morgan fingerprint density at radius 2 is 1.06 bits per heavy atom. The fourth-order valence-electron chi connectivity index (χ4n) is 10.4. The number of benzene rings is 8. The predicted molar refractivity (Wildman–Crippen MR) is 258 cm³/mol. The molecule has 0 saturated heterocycles. The molecule has 2 aliphatic carbocycles. The number of rotatable bonds is 6. The van der Waals surface area contributed by atoms with Crippen molar-refractivity contribution in [1.29, 1.82) is 0 Å². The average molecular weight is 794 g/mol. The molecule has 9 aromatic rings. The fourth-order valence-corrected chi connectivity index (χ4v) is 10.4. The SMILES string of the molecule is CC1(C)c2ccccc2-c2c(-c3cc(-c4ccc(-c5ccc(-c6ccc7c(c6)N(c6ccccc6)C6C=CC=CC76)cc5)c5ccccc45)nc(-c4ccccc4)n3)cccc21. The Morgan fingerprint density at radius 3 is 1.87 bits per heavy atom. The number of nitrogens with zero attached hydrogens (tertiary/aromatic N) is 3. The van der Waals surface area contributed by atoms with Crippen molar-refractivity contribution in [2.45, 2.75) is 31.2 Å². The van der Waals surface area contributed by atoms with E-state index in [-0.39, 0.29) is 11.5 Å². The third kappa shape index (κ3) is 5.73. The number of para-hydroxylation sites is 1. The van der Waals surface area contributed by atoms with Crippen LogP contribution in [0.3, 0.4) is 0 Å². The Labute approximate surface area is 363 Å². The zero-order chi connectivity index (χ0) is 41.4. The quantitative estimate of drug-likeness (QED) is 0.168. The molecular weight excluding hydrogens is 751 g/mol. The molecule has 0 N–H and O–H groups in total. The first-order chi connectivity index (χ1) is 30.5. The maximum atomic E-state index is 5.31. The first-order valence-electron chi connectivity index (χ1n) is 21.7. The first-order valence-corrected chi connectivity index (χ1v) is 21.7. The lowest BCUT2D eigenvalue weighted by atomic mass is 9.82. The maximum absolute atomic E-state index is 5.31. The third-order valence-electron chi connectivity index (χ3n) is 13.5. The molecule has 2 heterocycles. The van der Waals surface area contributed by atoms with Gasteiger partial charge in [-0.3, -0.25) is 0 Å². The van der Waals surface area contributed by atoms with Crippen LogP contribution in [0.15, 0.2) is 212 Å². The van der Waals surface area contributed by atoms with Gasteiger partial charge in [0, 0.05) is 39.4 Å². The smallest absolute Gasteiger partial charge is 0.160 e. The highest BCUT2D eigenvalue weighted by molar-refractivity contribution is 6.05. The highest BCUT2D eigenvalue weighted by Gasteiger charge is 2.38. The van der Waals surface area contributed by atoms with E-state index in [1.54, 1.807) is 0 Å². The minimum atomic E-state index is -0.108. The summed E-state index contributed by atoms with van der Waals surface area (Å²) in [5.41, 5.74) is 18.8. The van der Waals surface area contributed by atoms with Crippen LogP contribution in [0.25, 0.3) is 78.1 Å². The summed E-state index contributed by atoms with van der Waals surface area (Å²) in [4.78, 5) is 13.1. The summed E-state index contributed by atoms with van der Waals surface area (Å²) in [5, 5.41) is 2.35. The fraction of sp³-hybridized carbons (Fsp3) is 0.0847. The summed E-state index contributed by atoms with van der Waals surface area (Å²) in [6.45, 7) is 4.66. The van der Waals surface area contributed by atoms with Gasteiger partial charge in [-0.05, 0) is 85.1 Å². The van der Waals surface area contributed by atoms with E-state index in [0.717, 1.165) is 39.3 Å². The number of allylic oxidation sites excluding steroid dienone is 2. The summed E-state index contributed by atoms with van der Waals surface area (Å²) in [7, 11) is 0. The molecule has 0 amide bonds. The van der Waals surface area contributed by atoms with Crippen LogP contribution < -0.4 is 4.90 Å². The molecule has 0 saturated carbocycles. The summed E-state index contributed by atoms with van der Waals surface area (Å²) in [5.74, 6) is 1.06. The maximum Gasteiger partial charge on any atom is 0.160 e. The van der Waals surface area contributed by atoms with Gasteiger partial charge < -0.3 is 4.90 Å². The van der Waals surface area contributed by atoms with Crippen molar-refractivity contribution < 1.29 is 0 Å². The molecule has 3 heteroatoms. The molecule has 62 heavy (non-hydrogen) atoms. The molecule has 1 aromatic heterocycles. The Balaban J connectivity index is 0.945. The molecule has 0 radical (unpaired) electrons. The summed E-state index contributed by atoms with van der Waals surface area (Å²) in [6, 6.07) is 68.5. The van der Waals surface area contributed by atoms with E-state index in [2.05, 4.69) is 225 Å². The van der Waals surface area contributed by atoms with Crippen LogP contribution in [0.1, 0.15) is 36.5 Å². The average Bonchev–Trinajstić information content (AvgIpc) is 3.79. The van der Waals surface area contributed by atoms with Crippen molar-refractivity contribution in [3.63, 3.8) is 0 Å². The number of aromatic nitrogens is 2. The van der Waals surface area contributed by atoms with E-state index >= 15 is 0 Å². The van der Waals surface area contributed by atoms with Crippen molar-refractivity contribution in [2.75, 3.05) is 4.90 Å². The standard InChI is InChI=1S/C59H43N3/c1-59(2)51-25-13-11-23-49(51)57-50(24-15-26-52(57)59)54-37-53(60-58(61-54)40-16-5-3-6-17-40)46-35-34-43(44-20-9-10-21-45(44)46)39-30-28-38(29-31-39)41-32-33-48-47-22-12-14-27-55(47)62(56(48)36-41)42-18-7-4-8-19-42/h3-37,47,55H,1-2H3. The largest absolute Gasteiger partial charge is 0.333 e. The molecule has 2 atom stereocenters. The van der Waals surface area contributed by atoms with Gasteiger partial charge in [0.1, 0.15) is 0 Å². The Bertz CT molecular complexity index is 3270. The second-order valence-corrected chi connectivity index (χ2v) is 17.3. The van der Waals surface area contributed by atoms with Crippen molar-refractivity contribution in [2.24, 2.45) is 0 Å². The lowest BCUT2D eigenvalue weighted by Crippen LogP contribution is -2.28. The van der Waals surface area contributed by atoms with Gasteiger partial charge in [0.15, 0.2) is 5.82 Å². The third-order valence-corrected chi connectivity index (χ3v) is 13.5. The van der Waals surface area contributed by atoms with Crippen LogP contribution >= 0.6 is 0 Å². The van der Waals surface area contributed by atoms with Crippen LogP contribution in [0.4, 0.5) is 11.4 Å². The Morgan fingerprint density at radius 1 is 0.452 bits per heavy atom. The summed E-state index contributed by atoms with van der Waals surface area (Å²) >= 11 is 0. The second kappa shape index (κ2) is 14.2. The van der Waals surface area contributed by atoms with E-state index < -0.39 is 0 Å². The van der Waals surface area contributed by atoms with Gasteiger partial charge in [0.25, 0.3) is 0 Å². The van der Waals surface area contributed by atoms with Crippen LogP contribution in [-0.4, -0.2) is 16.0 Å². The van der Waals surface area contributed by atoms with Gasteiger partial charge in [0.05, 0.1) is 17.4 Å². The summed E-state index contributed by atoms with van der Waals surface area (Å²) < 4.78 is 0. The molecular formula is C59H43N3. The highest BCUT2D eigenvalue weighted by atomic mass is 15.2. The lowest BCUT2D eigenvalue weighted by Gasteiger charge is -2.28. The minimum Gasteiger partial charge on any atom is -0.333 e. The van der Waals surface area contributed by atoms with E-state index in [1.807, 2.05) is 6.07 Å². The van der Waals surface area contributed by atoms with Crippen molar-refractivity contribution >= 4 is 22.1 Å². The van der Waals surface area contributed by atoms with Gasteiger partial charge in [-0.15, -0.1) is 0 Å². The molecule has 1 aliphatic heterocycles. The van der Waals surface area contributed by atoms with E-state index in [0.29, 0.717) is 5.92 Å². The van der Waals surface area contributed by atoms with Gasteiger partial charge in [-0.2, -0.15) is 0 Å². The molecule has 0 bridgehead atoms. The highest BCUT2D eigenvalue weighted by Crippen LogP contribution is 2.53. The molecule has 0 spiro atoms. The molecule has 8 aromatic carbocycles. The topological polar surface area (TPSA) is 29.0 Å². The molecule has 3 nitrogen and oxygen atoms in total. The number of fused-ring (bicyclic) bond motifs is 7. The first kappa shape index (κ1) is 36.2. The predicted octanol–water partition coefficient (Wildman–Crippen LogP) is 15.0. The molecule has 3 aliphatic rings. The van der Waals surface area contributed by atoms with Gasteiger partial charge in [-0.1, -0.05) is 202 Å². The monoisotopic (exact) mass is 793 g/mol. The summed E-state index contributed by atoms with van der Waals surface area (Å²) in [6.07, 6.45) is 9.05. The van der Waals surface area contributed by atoms with Crippen LogP contribution in [-0.2, 0) is 5.41 Å².